The molecule has 112 valence electrons. The summed E-state index contributed by atoms with van der Waals surface area (Å²) in [5.74, 6) is 0.546. The van der Waals surface area contributed by atoms with Gasteiger partial charge < -0.3 is 15.0 Å². The Balaban J connectivity index is 2.28. The van der Waals surface area contributed by atoms with Crippen molar-refractivity contribution in [2.24, 2.45) is 5.73 Å². The molecule has 0 atom stereocenters. The van der Waals surface area contributed by atoms with Crippen LogP contribution >= 0.6 is 15.9 Å². The summed E-state index contributed by atoms with van der Waals surface area (Å²) in [5, 5.41) is 0. The molecule has 2 aromatic rings. The number of aromatic nitrogens is 2. The Bertz CT molecular complexity index is 608. The van der Waals surface area contributed by atoms with Crippen LogP contribution in [0.5, 0.6) is 0 Å². The molecule has 2 rings (SSSR count). The predicted octanol–water partition coefficient (Wildman–Crippen LogP) is 2.38. The standard InChI is InChI=1S/C15H18BrN3O2/c1-2-21-14(20)9-13-10-19(8-7-17)15(18-13)11-3-5-12(16)6-4-11/h3-6,10H,2,7-9,17H2,1H3. The van der Waals surface area contributed by atoms with Gasteiger partial charge in [-0.2, -0.15) is 0 Å². The molecule has 5 nitrogen and oxygen atoms in total. The fourth-order valence-corrected chi connectivity index (χ4v) is 2.32. The Labute approximate surface area is 132 Å². The van der Waals surface area contributed by atoms with Crippen LogP contribution in [0.15, 0.2) is 34.9 Å². The van der Waals surface area contributed by atoms with E-state index in [-0.39, 0.29) is 12.4 Å². The second-order valence-electron chi connectivity index (χ2n) is 4.53. The van der Waals surface area contributed by atoms with Gasteiger partial charge in [0.25, 0.3) is 0 Å². The number of esters is 1. The zero-order valence-electron chi connectivity index (χ0n) is 11.9. The van der Waals surface area contributed by atoms with Gasteiger partial charge in [0, 0.05) is 29.3 Å². The number of halogens is 1. The first-order valence-electron chi connectivity index (χ1n) is 6.81. The van der Waals surface area contributed by atoms with E-state index < -0.39 is 0 Å². The van der Waals surface area contributed by atoms with Crippen LogP contribution in [-0.2, 0) is 22.5 Å². The second kappa shape index (κ2) is 7.38. The number of hydrogen-bond donors (Lipinski definition) is 1. The molecule has 0 bridgehead atoms. The maximum Gasteiger partial charge on any atom is 0.311 e. The highest BCUT2D eigenvalue weighted by molar-refractivity contribution is 9.10. The first-order chi connectivity index (χ1) is 10.1. The van der Waals surface area contributed by atoms with Gasteiger partial charge in [0.2, 0.25) is 0 Å². The zero-order chi connectivity index (χ0) is 15.2. The highest BCUT2D eigenvalue weighted by atomic mass is 79.9. The first-order valence-corrected chi connectivity index (χ1v) is 7.61. The molecule has 1 heterocycles. The third kappa shape index (κ3) is 4.15. The van der Waals surface area contributed by atoms with Crippen LogP contribution in [-0.4, -0.2) is 28.7 Å². The van der Waals surface area contributed by atoms with E-state index in [1.807, 2.05) is 35.0 Å². The Morgan fingerprint density at radius 3 is 2.71 bits per heavy atom. The van der Waals surface area contributed by atoms with Crippen molar-refractivity contribution in [3.05, 3.63) is 40.6 Å². The molecule has 0 radical (unpaired) electrons. The van der Waals surface area contributed by atoms with Crippen LogP contribution in [0.25, 0.3) is 11.4 Å². The zero-order valence-corrected chi connectivity index (χ0v) is 13.5. The Morgan fingerprint density at radius 2 is 2.10 bits per heavy atom. The molecule has 0 saturated heterocycles. The maximum absolute atomic E-state index is 11.6. The predicted molar refractivity (Wildman–Crippen MR) is 84.8 cm³/mol. The lowest BCUT2D eigenvalue weighted by Crippen LogP contribution is -2.10. The molecule has 1 aromatic heterocycles. The monoisotopic (exact) mass is 351 g/mol. The van der Waals surface area contributed by atoms with E-state index in [0.717, 1.165) is 15.9 Å². The fourth-order valence-electron chi connectivity index (χ4n) is 2.05. The number of benzene rings is 1. The number of carbonyl (C=O) groups excluding carboxylic acids is 1. The highest BCUT2D eigenvalue weighted by Crippen LogP contribution is 2.21. The Hall–Kier alpha value is -1.66. The van der Waals surface area contributed by atoms with Gasteiger partial charge in [0.1, 0.15) is 5.82 Å². The summed E-state index contributed by atoms with van der Waals surface area (Å²) in [6.45, 7) is 3.33. The van der Waals surface area contributed by atoms with Gasteiger partial charge in [-0.15, -0.1) is 0 Å². The maximum atomic E-state index is 11.6. The SMILES string of the molecule is CCOC(=O)Cc1cn(CCN)c(-c2ccc(Br)cc2)n1. The van der Waals surface area contributed by atoms with E-state index in [9.17, 15) is 4.79 Å². The number of carbonyl (C=O) groups is 1. The number of ether oxygens (including phenoxy) is 1. The lowest BCUT2D eigenvalue weighted by Gasteiger charge is -2.05. The number of imidazole rings is 1. The lowest BCUT2D eigenvalue weighted by molar-refractivity contribution is -0.142. The molecule has 1 aromatic carbocycles. The summed E-state index contributed by atoms with van der Waals surface area (Å²) < 4.78 is 7.94. The highest BCUT2D eigenvalue weighted by Gasteiger charge is 2.13. The number of nitrogens with two attached hydrogens (primary N) is 1. The van der Waals surface area contributed by atoms with Crippen molar-refractivity contribution in [2.75, 3.05) is 13.2 Å². The Morgan fingerprint density at radius 1 is 1.38 bits per heavy atom. The van der Waals surface area contributed by atoms with Crippen molar-refractivity contribution < 1.29 is 9.53 Å². The average molecular weight is 352 g/mol. The fraction of sp³-hybridized carbons (Fsp3) is 0.333. The topological polar surface area (TPSA) is 70.1 Å². The number of nitrogens with zero attached hydrogens (tertiary/aromatic N) is 2. The van der Waals surface area contributed by atoms with E-state index in [0.29, 0.717) is 25.4 Å². The third-order valence-corrected chi connectivity index (χ3v) is 3.46. The molecule has 0 saturated carbocycles. The van der Waals surface area contributed by atoms with Crippen molar-refractivity contribution in [1.29, 1.82) is 0 Å². The van der Waals surface area contributed by atoms with E-state index >= 15 is 0 Å². The van der Waals surface area contributed by atoms with Crippen LogP contribution in [0.3, 0.4) is 0 Å². The molecule has 6 heteroatoms. The van der Waals surface area contributed by atoms with E-state index in [1.54, 1.807) is 6.92 Å². The molecule has 0 aliphatic rings. The molecular weight excluding hydrogens is 334 g/mol. The number of rotatable bonds is 6. The van der Waals surface area contributed by atoms with Crippen molar-refractivity contribution in [3.8, 4) is 11.4 Å². The summed E-state index contributed by atoms with van der Waals surface area (Å²) in [6.07, 6.45) is 2.04. The Kier molecular flexibility index (Phi) is 5.52. The minimum atomic E-state index is -0.266. The summed E-state index contributed by atoms with van der Waals surface area (Å²) in [7, 11) is 0. The first kappa shape index (κ1) is 15.7. The molecule has 0 spiro atoms. The van der Waals surface area contributed by atoms with Crippen molar-refractivity contribution >= 4 is 21.9 Å². The van der Waals surface area contributed by atoms with E-state index in [4.69, 9.17) is 10.5 Å². The molecule has 0 fully saturated rings. The normalized spacial score (nSPS) is 10.6. The average Bonchev–Trinajstić information content (AvgIpc) is 2.83. The van der Waals surface area contributed by atoms with Crippen LogP contribution in [0.1, 0.15) is 12.6 Å². The van der Waals surface area contributed by atoms with Crippen LogP contribution in [0.2, 0.25) is 0 Å². The van der Waals surface area contributed by atoms with Gasteiger partial charge in [-0.25, -0.2) is 4.98 Å². The smallest absolute Gasteiger partial charge is 0.311 e. The molecule has 21 heavy (non-hydrogen) atoms. The lowest BCUT2D eigenvalue weighted by atomic mass is 10.2. The summed E-state index contributed by atoms with van der Waals surface area (Å²) in [6, 6.07) is 7.88. The van der Waals surface area contributed by atoms with Crippen LogP contribution in [0, 0.1) is 0 Å². The molecule has 0 amide bonds. The molecular formula is C15H18BrN3O2. The van der Waals surface area contributed by atoms with Crippen LogP contribution in [0.4, 0.5) is 0 Å². The minimum absolute atomic E-state index is 0.176. The van der Waals surface area contributed by atoms with Gasteiger partial charge in [0.15, 0.2) is 0 Å². The number of hydrogen-bond acceptors (Lipinski definition) is 4. The van der Waals surface area contributed by atoms with Gasteiger partial charge in [-0.05, 0) is 19.1 Å². The molecule has 0 aliphatic carbocycles. The summed E-state index contributed by atoms with van der Waals surface area (Å²) >= 11 is 3.41. The molecule has 0 unspecified atom stereocenters. The van der Waals surface area contributed by atoms with E-state index in [2.05, 4.69) is 20.9 Å². The van der Waals surface area contributed by atoms with E-state index in [1.165, 1.54) is 0 Å². The molecule has 2 N–H and O–H groups in total. The van der Waals surface area contributed by atoms with Crippen LogP contribution < -0.4 is 5.73 Å². The largest absolute Gasteiger partial charge is 0.466 e. The molecule has 0 aliphatic heterocycles. The summed E-state index contributed by atoms with van der Waals surface area (Å²) in [4.78, 5) is 16.1. The van der Waals surface area contributed by atoms with Crippen molar-refractivity contribution in [2.45, 2.75) is 19.9 Å². The van der Waals surface area contributed by atoms with Crippen molar-refractivity contribution in [1.82, 2.24) is 9.55 Å². The second-order valence-corrected chi connectivity index (χ2v) is 5.44. The van der Waals surface area contributed by atoms with Gasteiger partial charge >= 0.3 is 5.97 Å². The summed E-state index contributed by atoms with van der Waals surface area (Å²) in [5.41, 5.74) is 7.32. The van der Waals surface area contributed by atoms with Gasteiger partial charge in [0.05, 0.1) is 18.7 Å². The van der Waals surface area contributed by atoms with Gasteiger partial charge in [-0.3, -0.25) is 4.79 Å². The van der Waals surface area contributed by atoms with Crippen molar-refractivity contribution in [3.63, 3.8) is 0 Å². The quantitative estimate of drug-likeness (QED) is 0.811. The minimum Gasteiger partial charge on any atom is -0.466 e. The third-order valence-electron chi connectivity index (χ3n) is 2.93. The van der Waals surface area contributed by atoms with Gasteiger partial charge in [-0.1, -0.05) is 28.1 Å².